The molecule has 1 aromatic carbocycles. The van der Waals surface area contributed by atoms with Crippen LogP contribution in [-0.4, -0.2) is 17.6 Å². The fourth-order valence-electron chi connectivity index (χ4n) is 3.58. The highest BCUT2D eigenvalue weighted by atomic mass is 16.5. The first kappa shape index (κ1) is 19.2. The minimum atomic E-state index is -0.966. The second-order valence-electron chi connectivity index (χ2n) is 6.71. The number of benzene rings is 1. The standard InChI is InChI=1S/C21H21N3O4/c1-5-27-21(26)16-12(4)28-19(23)15(9-22)17(16)14-8-13-7-10(2)6-11(3)18(13)24-20(14)25/h6-8,17H,5,23H2,1-4H3,(H,24,25)/t17-/m0/s1. The third-order valence-corrected chi connectivity index (χ3v) is 4.73. The van der Waals surface area contributed by atoms with E-state index in [1.807, 2.05) is 32.0 Å². The number of aromatic amines is 1. The van der Waals surface area contributed by atoms with Crippen LogP contribution in [0.2, 0.25) is 0 Å². The van der Waals surface area contributed by atoms with Crippen LogP contribution in [0.4, 0.5) is 0 Å². The smallest absolute Gasteiger partial charge is 0.338 e. The SMILES string of the molecule is CCOC(=O)C1=C(C)OC(N)=C(C#N)[C@@H]1c1cc2cc(C)cc(C)c2[nH]c1=O. The Morgan fingerprint density at radius 3 is 2.68 bits per heavy atom. The molecule has 0 saturated carbocycles. The van der Waals surface area contributed by atoms with E-state index in [4.69, 9.17) is 15.2 Å². The lowest BCUT2D eigenvalue weighted by Gasteiger charge is -2.26. The number of H-pyrrole nitrogens is 1. The van der Waals surface area contributed by atoms with Gasteiger partial charge in [0.1, 0.15) is 17.4 Å². The Balaban J connectivity index is 2.32. The molecule has 2 aromatic rings. The Bertz CT molecular complexity index is 1150. The summed E-state index contributed by atoms with van der Waals surface area (Å²) in [6, 6.07) is 7.58. The molecule has 1 aromatic heterocycles. The Kier molecular flexibility index (Phi) is 4.97. The van der Waals surface area contributed by atoms with Crippen LogP contribution in [0.1, 0.15) is 36.5 Å². The highest BCUT2D eigenvalue weighted by molar-refractivity contribution is 5.93. The molecule has 0 radical (unpaired) electrons. The molecule has 0 spiro atoms. The number of carbonyl (C=O) groups excluding carboxylic acids is 1. The third kappa shape index (κ3) is 3.14. The van der Waals surface area contributed by atoms with Crippen LogP contribution in [0.25, 0.3) is 10.9 Å². The quantitative estimate of drug-likeness (QED) is 0.792. The van der Waals surface area contributed by atoms with Crippen LogP contribution in [0.15, 0.2) is 45.8 Å². The molecule has 1 aliphatic heterocycles. The van der Waals surface area contributed by atoms with Crippen LogP contribution in [0.3, 0.4) is 0 Å². The number of aromatic nitrogens is 1. The number of aryl methyl sites for hydroxylation is 2. The minimum Gasteiger partial charge on any atom is -0.463 e. The zero-order valence-corrected chi connectivity index (χ0v) is 16.2. The van der Waals surface area contributed by atoms with Crippen LogP contribution >= 0.6 is 0 Å². The summed E-state index contributed by atoms with van der Waals surface area (Å²) in [7, 11) is 0. The zero-order valence-electron chi connectivity index (χ0n) is 16.2. The van der Waals surface area contributed by atoms with E-state index < -0.39 is 17.4 Å². The molecule has 0 amide bonds. The number of hydrogen-bond donors (Lipinski definition) is 2. The Morgan fingerprint density at radius 1 is 1.32 bits per heavy atom. The van der Waals surface area contributed by atoms with Crippen LogP contribution in [0.5, 0.6) is 0 Å². The predicted octanol–water partition coefficient (Wildman–Crippen LogP) is 2.79. The van der Waals surface area contributed by atoms with Gasteiger partial charge in [-0.15, -0.1) is 0 Å². The van der Waals surface area contributed by atoms with Crippen molar-refractivity contribution in [3.05, 3.63) is 68.0 Å². The van der Waals surface area contributed by atoms with Crippen LogP contribution < -0.4 is 11.3 Å². The lowest BCUT2D eigenvalue weighted by molar-refractivity contribution is -0.139. The average molecular weight is 379 g/mol. The number of fused-ring (bicyclic) bond motifs is 1. The number of pyridine rings is 1. The predicted molar refractivity (Wildman–Crippen MR) is 104 cm³/mol. The first-order valence-electron chi connectivity index (χ1n) is 8.88. The fraction of sp³-hybridized carbons (Fsp3) is 0.286. The Morgan fingerprint density at radius 2 is 2.04 bits per heavy atom. The van der Waals surface area contributed by atoms with Gasteiger partial charge in [-0.2, -0.15) is 5.26 Å². The molecular weight excluding hydrogens is 358 g/mol. The first-order chi connectivity index (χ1) is 13.3. The summed E-state index contributed by atoms with van der Waals surface area (Å²) in [6.07, 6.45) is 0. The van der Waals surface area contributed by atoms with Crippen molar-refractivity contribution in [3.8, 4) is 6.07 Å². The second-order valence-corrected chi connectivity index (χ2v) is 6.71. The number of ether oxygens (including phenoxy) is 2. The number of hydrogen-bond acceptors (Lipinski definition) is 6. The summed E-state index contributed by atoms with van der Waals surface area (Å²) in [6.45, 7) is 7.25. The molecule has 0 unspecified atom stereocenters. The fourth-order valence-corrected chi connectivity index (χ4v) is 3.58. The van der Waals surface area contributed by atoms with E-state index in [1.54, 1.807) is 19.9 Å². The van der Waals surface area contributed by atoms with Crippen molar-refractivity contribution in [1.82, 2.24) is 4.98 Å². The molecule has 1 atom stereocenters. The zero-order chi connectivity index (χ0) is 20.6. The molecule has 7 heteroatoms. The van der Waals surface area contributed by atoms with Crippen molar-refractivity contribution in [2.45, 2.75) is 33.6 Å². The van der Waals surface area contributed by atoms with Crippen molar-refractivity contribution in [2.24, 2.45) is 5.73 Å². The summed E-state index contributed by atoms with van der Waals surface area (Å²) in [4.78, 5) is 28.4. The number of rotatable bonds is 3. The number of nitrogens with two attached hydrogens (primary N) is 1. The van der Waals surface area contributed by atoms with Gasteiger partial charge in [-0.05, 0) is 50.8 Å². The van der Waals surface area contributed by atoms with E-state index in [1.165, 1.54) is 0 Å². The van der Waals surface area contributed by atoms with Gasteiger partial charge in [0.2, 0.25) is 5.88 Å². The van der Waals surface area contributed by atoms with E-state index in [2.05, 4.69) is 4.98 Å². The Hall–Kier alpha value is -3.53. The number of allylic oxidation sites excluding steroid dienone is 2. The van der Waals surface area contributed by atoms with Gasteiger partial charge in [0.05, 0.1) is 23.6 Å². The maximum absolute atomic E-state index is 12.9. The Labute approximate surface area is 162 Å². The summed E-state index contributed by atoms with van der Waals surface area (Å²) in [5.41, 5.74) is 8.50. The first-order valence-corrected chi connectivity index (χ1v) is 8.88. The molecule has 0 saturated heterocycles. The van der Waals surface area contributed by atoms with Crippen LogP contribution in [0, 0.1) is 25.2 Å². The maximum Gasteiger partial charge on any atom is 0.338 e. The van der Waals surface area contributed by atoms with E-state index in [-0.39, 0.29) is 35.0 Å². The number of nitrogens with one attached hydrogen (secondary N) is 1. The number of carbonyl (C=O) groups is 1. The van der Waals surface area contributed by atoms with Gasteiger partial charge in [-0.3, -0.25) is 4.79 Å². The molecule has 144 valence electrons. The molecular formula is C21H21N3O4. The lowest BCUT2D eigenvalue weighted by Crippen LogP contribution is -2.29. The lowest BCUT2D eigenvalue weighted by atomic mass is 9.83. The van der Waals surface area contributed by atoms with Gasteiger partial charge < -0.3 is 20.2 Å². The van der Waals surface area contributed by atoms with Gasteiger partial charge in [0, 0.05) is 5.56 Å². The average Bonchev–Trinajstić information content (AvgIpc) is 2.61. The number of esters is 1. The van der Waals surface area contributed by atoms with Crippen molar-refractivity contribution < 1.29 is 14.3 Å². The van der Waals surface area contributed by atoms with Gasteiger partial charge in [0.25, 0.3) is 5.56 Å². The highest BCUT2D eigenvalue weighted by Gasteiger charge is 2.37. The molecule has 28 heavy (non-hydrogen) atoms. The van der Waals surface area contributed by atoms with Crippen LogP contribution in [-0.2, 0) is 14.3 Å². The maximum atomic E-state index is 12.9. The van der Waals surface area contributed by atoms with E-state index in [0.29, 0.717) is 5.52 Å². The topological polar surface area (TPSA) is 118 Å². The molecule has 0 fully saturated rings. The number of nitriles is 1. The highest BCUT2D eigenvalue weighted by Crippen LogP contribution is 2.39. The van der Waals surface area contributed by atoms with E-state index in [0.717, 1.165) is 16.5 Å². The van der Waals surface area contributed by atoms with Crippen molar-refractivity contribution in [1.29, 1.82) is 5.26 Å². The third-order valence-electron chi connectivity index (χ3n) is 4.73. The molecule has 7 nitrogen and oxygen atoms in total. The monoisotopic (exact) mass is 379 g/mol. The largest absolute Gasteiger partial charge is 0.463 e. The normalized spacial score (nSPS) is 16.8. The second kappa shape index (κ2) is 7.24. The molecule has 3 N–H and O–H groups in total. The van der Waals surface area contributed by atoms with Crippen molar-refractivity contribution in [3.63, 3.8) is 0 Å². The van der Waals surface area contributed by atoms with Gasteiger partial charge in [-0.25, -0.2) is 4.79 Å². The van der Waals surface area contributed by atoms with E-state index in [9.17, 15) is 14.9 Å². The molecule has 0 bridgehead atoms. The van der Waals surface area contributed by atoms with E-state index >= 15 is 0 Å². The molecule has 1 aliphatic rings. The summed E-state index contributed by atoms with van der Waals surface area (Å²) >= 11 is 0. The summed E-state index contributed by atoms with van der Waals surface area (Å²) in [5, 5.41) is 10.4. The van der Waals surface area contributed by atoms with Crippen molar-refractivity contribution >= 4 is 16.9 Å². The summed E-state index contributed by atoms with van der Waals surface area (Å²) < 4.78 is 10.5. The minimum absolute atomic E-state index is 0.00266. The molecule has 0 aliphatic carbocycles. The summed E-state index contributed by atoms with van der Waals surface area (Å²) in [5.74, 6) is -1.53. The van der Waals surface area contributed by atoms with Gasteiger partial charge >= 0.3 is 5.97 Å². The van der Waals surface area contributed by atoms with Gasteiger partial charge in [0.15, 0.2) is 0 Å². The molecule has 2 heterocycles. The van der Waals surface area contributed by atoms with Gasteiger partial charge in [-0.1, -0.05) is 11.6 Å². The van der Waals surface area contributed by atoms with Crippen molar-refractivity contribution in [2.75, 3.05) is 6.61 Å². The number of nitrogens with zero attached hydrogens (tertiary/aromatic N) is 1. The molecule has 3 rings (SSSR count).